The van der Waals surface area contributed by atoms with E-state index in [0.29, 0.717) is 28.4 Å². The summed E-state index contributed by atoms with van der Waals surface area (Å²) in [6.07, 6.45) is 0. The van der Waals surface area contributed by atoms with Crippen LogP contribution in [0.4, 0.5) is 17.1 Å². The van der Waals surface area contributed by atoms with Crippen LogP contribution in [0.15, 0.2) is 72.4 Å². The number of carbonyl (C=O) groups is 2. The van der Waals surface area contributed by atoms with Gasteiger partial charge < -0.3 is 19.7 Å². The number of anilines is 3. The first kappa shape index (κ1) is 22.9. The first-order valence-corrected chi connectivity index (χ1v) is 10.8. The molecule has 7 nitrogen and oxygen atoms in total. The van der Waals surface area contributed by atoms with Crippen molar-refractivity contribution in [1.29, 1.82) is 0 Å². The van der Waals surface area contributed by atoms with Crippen LogP contribution in [0.3, 0.4) is 0 Å². The number of hydrogen-bond donors (Lipinski definition) is 1. The summed E-state index contributed by atoms with van der Waals surface area (Å²) in [6.45, 7) is 1.94. The number of para-hydroxylation sites is 1. The fourth-order valence-corrected chi connectivity index (χ4v) is 3.94. The zero-order valence-electron chi connectivity index (χ0n) is 19.9. The molecule has 7 heteroatoms. The van der Waals surface area contributed by atoms with Gasteiger partial charge in [-0.15, -0.1) is 0 Å². The van der Waals surface area contributed by atoms with E-state index in [1.54, 1.807) is 31.4 Å². The summed E-state index contributed by atoms with van der Waals surface area (Å²) in [6, 6.07) is 20.0. The van der Waals surface area contributed by atoms with Crippen molar-refractivity contribution in [2.24, 2.45) is 0 Å². The van der Waals surface area contributed by atoms with Crippen LogP contribution >= 0.6 is 0 Å². The SMILES string of the molecule is COc1ccc(C)cc1NC1=C(c2ccccc2OC)C(=O)N(c2ccc(N(C)C)cc2)C1=O. The lowest BCUT2D eigenvalue weighted by atomic mass is 10.0. The lowest BCUT2D eigenvalue weighted by molar-refractivity contribution is -0.120. The van der Waals surface area contributed by atoms with Crippen LogP contribution in [0.2, 0.25) is 0 Å². The second-order valence-electron chi connectivity index (χ2n) is 8.14. The Hall–Kier alpha value is -4.26. The molecule has 0 unspecified atom stereocenters. The van der Waals surface area contributed by atoms with E-state index in [-0.39, 0.29) is 11.3 Å². The number of methoxy groups -OCH3 is 2. The van der Waals surface area contributed by atoms with Gasteiger partial charge in [0.1, 0.15) is 17.2 Å². The van der Waals surface area contributed by atoms with Crippen LogP contribution in [-0.2, 0) is 9.59 Å². The number of imide groups is 1. The number of aryl methyl sites for hydroxylation is 1. The molecule has 174 valence electrons. The fraction of sp³-hybridized carbons (Fsp3) is 0.185. The second-order valence-corrected chi connectivity index (χ2v) is 8.14. The van der Waals surface area contributed by atoms with Crippen LogP contribution in [0.25, 0.3) is 5.57 Å². The second kappa shape index (κ2) is 9.31. The molecule has 0 fully saturated rings. The molecular formula is C27H27N3O4. The average molecular weight is 458 g/mol. The number of hydrogen-bond acceptors (Lipinski definition) is 6. The Balaban J connectivity index is 1.86. The average Bonchev–Trinajstić information content (AvgIpc) is 3.08. The third-order valence-corrected chi connectivity index (χ3v) is 5.70. The smallest absolute Gasteiger partial charge is 0.282 e. The molecule has 0 aliphatic carbocycles. The van der Waals surface area contributed by atoms with Crippen molar-refractivity contribution in [3.63, 3.8) is 0 Å². The fourth-order valence-electron chi connectivity index (χ4n) is 3.94. The van der Waals surface area contributed by atoms with Crippen molar-refractivity contribution in [2.75, 3.05) is 43.4 Å². The molecule has 34 heavy (non-hydrogen) atoms. The Morgan fingerprint density at radius 3 is 2.15 bits per heavy atom. The van der Waals surface area contributed by atoms with Gasteiger partial charge in [-0.1, -0.05) is 24.3 Å². The van der Waals surface area contributed by atoms with E-state index < -0.39 is 11.8 Å². The lowest BCUT2D eigenvalue weighted by Gasteiger charge is -2.18. The van der Waals surface area contributed by atoms with Crippen LogP contribution in [-0.4, -0.2) is 40.1 Å². The summed E-state index contributed by atoms with van der Waals surface area (Å²) in [5, 5.41) is 3.19. The van der Waals surface area contributed by atoms with Crippen LogP contribution in [0.1, 0.15) is 11.1 Å². The highest BCUT2D eigenvalue weighted by Crippen LogP contribution is 2.39. The maximum absolute atomic E-state index is 13.7. The summed E-state index contributed by atoms with van der Waals surface area (Å²) in [5.41, 5.74) is 3.96. The molecular weight excluding hydrogens is 430 g/mol. The number of carbonyl (C=O) groups excluding carboxylic acids is 2. The molecule has 0 spiro atoms. The van der Waals surface area contributed by atoms with Crippen LogP contribution < -0.4 is 24.6 Å². The summed E-state index contributed by atoms with van der Waals surface area (Å²) >= 11 is 0. The molecule has 1 aliphatic heterocycles. The minimum absolute atomic E-state index is 0.162. The number of amides is 2. The van der Waals surface area contributed by atoms with Crippen molar-refractivity contribution in [2.45, 2.75) is 6.92 Å². The normalized spacial score (nSPS) is 13.4. The molecule has 3 aromatic carbocycles. The van der Waals surface area contributed by atoms with Crippen molar-refractivity contribution in [3.8, 4) is 11.5 Å². The Morgan fingerprint density at radius 1 is 0.824 bits per heavy atom. The number of nitrogens with zero attached hydrogens (tertiary/aromatic N) is 2. The molecule has 0 radical (unpaired) electrons. The highest BCUT2D eigenvalue weighted by Gasteiger charge is 2.41. The molecule has 0 atom stereocenters. The van der Waals surface area contributed by atoms with Gasteiger partial charge in [-0.25, -0.2) is 4.90 Å². The number of rotatable bonds is 7. The predicted molar refractivity (Wildman–Crippen MR) is 135 cm³/mol. The van der Waals surface area contributed by atoms with Crippen molar-refractivity contribution < 1.29 is 19.1 Å². The third kappa shape index (κ3) is 4.08. The molecule has 0 bridgehead atoms. The number of nitrogens with one attached hydrogen (secondary N) is 1. The van der Waals surface area contributed by atoms with Crippen molar-refractivity contribution >= 4 is 34.4 Å². The third-order valence-electron chi connectivity index (χ3n) is 5.70. The van der Waals surface area contributed by atoms with E-state index in [4.69, 9.17) is 9.47 Å². The molecule has 4 rings (SSSR count). The van der Waals surface area contributed by atoms with Crippen molar-refractivity contribution in [1.82, 2.24) is 0 Å². The molecule has 0 saturated heterocycles. The Labute approximate surface area is 199 Å². The van der Waals surface area contributed by atoms with Gasteiger partial charge >= 0.3 is 0 Å². The molecule has 0 aromatic heterocycles. The standard InChI is InChI=1S/C27H27N3O4/c1-17-10-15-23(34-5)21(16-17)28-25-24(20-8-6-7-9-22(20)33-4)26(31)30(27(25)32)19-13-11-18(12-14-19)29(2)3/h6-16,28H,1-5H3. The summed E-state index contributed by atoms with van der Waals surface area (Å²) < 4.78 is 11.0. The van der Waals surface area contributed by atoms with E-state index in [1.165, 1.54) is 12.0 Å². The van der Waals surface area contributed by atoms with Crippen molar-refractivity contribution in [3.05, 3.63) is 83.6 Å². The van der Waals surface area contributed by atoms with Gasteiger partial charge in [-0.3, -0.25) is 9.59 Å². The Bertz CT molecular complexity index is 1280. The molecule has 0 saturated carbocycles. The van der Waals surface area contributed by atoms with E-state index in [2.05, 4.69) is 5.32 Å². The van der Waals surface area contributed by atoms with Gasteiger partial charge in [0, 0.05) is 25.3 Å². The van der Waals surface area contributed by atoms with E-state index in [1.807, 2.05) is 68.4 Å². The summed E-state index contributed by atoms with van der Waals surface area (Å²) in [5.74, 6) is 0.179. The lowest BCUT2D eigenvalue weighted by Crippen LogP contribution is -2.32. The number of ether oxygens (including phenoxy) is 2. The largest absolute Gasteiger partial charge is 0.496 e. The van der Waals surface area contributed by atoms with Gasteiger partial charge in [-0.2, -0.15) is 0 Å². The monoisotopic (exact) mass is 457 g/mol. The first-order valence-electron chi connectivity index (χ1n) is 10.8. The van der Waals surface area contributed by atoms with Gasteiger partial charge in [0.05, 0.1) is 31.2 Å². The summed E-state index contributed by atoms with van der Waals surface area (Å²) in [4.78, 5) is 30.6. The van der Waals surface area contributed by atoms with Crippen LogP contribution in [0, 0.1) is 6.92 Å². The molecule has 1 N–H and O–H groups in total. The van der Waals surface area contributed by atoms with E-state index in [0.717, 1.165) is 11.3 Å². The zero-order valence-corrected chi connectivity index (χ0v) is 19.9. The highest BCUT2D eigenvalue weighted by atomic mass is 16.5. The zero-order chi connectivity index (χ0) is 24.4. The van der Waals surface area contributed by atoms with E-state index in [9.17, 15) is 9.59 Å². The number of benzene rings is 3. The molecule has 1 heterocycles. The maximum atomic E-state index is 13.7. The maximum Gasteiger partial charge on any atom is 0.282 e. The van der Waals surface area contributed by atoms with E-state index >= 15 is 0 Å². The Morgan fingerprint density at radius 2 is 1.50 bits per heavy atom. The summed E-state index contributed by atoms with van der Waals surface area (Å²) in [7, 11) is 6.96. The quantitative estimate of drug-likeness (QED) is 0.528. The molecule has 1 aliphatic rings. The molecule has 3 aromatic rings. The van der Waals surface area contributed by atoms with Gasteiger partial charge in [0.2, 0.25) is 0 Å². The minimum Gasteiger partial charge on any atom is -0.496 e. The predicted octanol–water partition coefficient (Wildman–Crippen LogP) is 4.47. The van der Waals surface area contributed by atoms with Gasteiger partial charge in [0.25, 0.3) is 11.8 Å². The van der Waals surface area contributed by atoms with Gasteiger partial charge in [0.15, 0.2) is 0 Å². The molecule has 2 amide bonds. The Kier molecular flexibility index (Phi) is 6.27. The minimum atomic E-state index is -0.452. The topological polar surface area (TPSA) is 71.1 Å². The highest BCUT2D eigenvalue weighted by molar-refractivity contribution is 6.46. The first-order chi connectivity index (χ1) is 16.3. The van der Waals surface area contributed by atoms with Crippen LogP contribution in [0.5, 0.6) is 11.5 Å². The van der Waals surface area contributed by atoms with Gasteiger partial charge in [-0.05, 0) is 55.0 Å².